The fraction of sp³-hybridized carbons (Fsp3) is 0.394. The van der Waals surface area contributed by atoms with Gasteiger partial charge in [0, 0.05) is 35.8 Å². The van der Waals surface area contributed by atoms with E-state index in [0.29, 0.717) is 34.3 Å². The number of ether oxygens (including phenoxy) is 2. The average molecular weight is 599 g/mol. The number of benzene rings is 2. The Morgan fingerprint density at radius 1 is 1.16 bits per heavy atom. The van der Waals surface area contributed by atoms with E-state index in [4.69, 9.17) is 26.1 Å². The number of likely N-dealkylation sites (tertiary alicyclic amines) is 1. The lowest BCUT2D eigenvalue weighted by molar-refractivity contribution is -0.0712. The monoisotopic (exact) mass is 598 g/mol. The van der Waals surface area contributed by atoms with E-state index in [1.807, 2.05) is 25.3 Å². The number of piperidine rings is 1. The molecule has 3 aliphatic rings. The van der Waals surface area contributed by atoms with Gasteiger partial charge in [0.2, 0.25) is 0 Å². The summed E-state index contributed by atoms with van der Waals surface area (Å²) in [6, 6.07) is 15.1. The summed E-state index contributed by atoms with van der Waals surface area (Å²) < 4.78 is 27.4. The van der Waals surface area contributed by atoms with Crippen LogP contribution in [0, 0.1) is 29.5 Å². The first-order valence-corrected chi connectivity index (χ1v) is 15.1. The molecule has 2 aliphatic heterocycles. The summed E-state index contributed by atoms with van der Waals surface area (Å²) in [5.41, 5.74) is 4.09. The van der Waals surface area contributed by atoms with Gasteiger partial charge < -0.3 is 9.47 Å². The Morgan fingerprint density at radius 2 is 1.98 bits per heavy atom. The van der Waals surface area contributed by atoms with Crippen molar-refractivity contribution in [3.8, 4) is 29.0 Å². The van der Waals surface area contributed by atoms with Crippen molar-refractivity contribution in [3.05, 3.63) is 87.7 Å². The summed E-state index contributed by atoms with van der Waals surface area (Å²) >= 11 is 5.98. The van der Waals surface area contributed by atoms with Crippen LogP contribution in [0.1, 0.15) is 66.7 Å². The molecule has 0 unspecified atom stereocenters. The lowest BCUT2D eigenvalue weighted by atomic mass is 9.88. The van der Waals surface area contributed by atoms with Crippen molar-refractivity contribution in [2.45, 2.75) is 64.2 Å². The fourth-order valence-corrected chi connectivity index (χ4v) is 6.48. The van der Waals surface area contributed by atoms with E-state index >= 15 is 0 Å². The van der Waals surface area contributed by atoms with Crippen LogP contribution in [-0.2, 0) is 18.8 Å². The molecule has 2 aromatic heterocycles. The molecule has 4 heterocycles. The average Bonchev–Trinajstić information content (AvgIpc) is 3.47. The summed E-state index contributed by atoms with van der Waals surface area (Å²) in [6.07, 6.45) is 6.27. The number of nitriles is 1. The maximum absolute atomic E-state index is 14.8. The minimum atomic E-state index is -1.27. The van der Waals surface area contributed by atoms with E-state index < -0.39 is 11.6 Å². The highest BCUT2D eigenvalue weighted by atomic mass is 35.5. The highest BCUT2D eigenvalue weighted by Gasteiger charge is 2.44. The predicted molar refractivity (Wildman–Crippen MR) is 159 cm³/mol. The van der Waals surface area contributed by atoms with Crippen LogP contribution in [0.15, 0.2) is 48.7 Å². The zero-order valence-electron chi connectivity index (χ0n) is 24.2. The Bertz CT molecular complexity index is 1740. The third kappa shape index (κ3) is 5.34. The van der Waals surface area contributed by atoms with E-state index in [0.717, 1.165) is 73.5 Å². The minimum absolute atomic E-state index is 0.282. The Balaban J connectivity index is 1.06. The number of nitrogens with one attached hydrogen (secondary N) is 1. The molecule has 0 bridgehead atoms. The number of rotatable bonds is 7. The lowest BCUT2D eigenvalue weighted by Crippen LogP contribution is -2.34. The molecule has 4 aromatic rings. The van der Waals surface area contributed by atoms with Crippen LogP contribution < -0.4 is 9.47 Å². The van der Waals surface area contributed by atoms with Crippen LogP contribution >= 0.6 is 11.6 Å². The maximum atomic E-state index is 14.8. The molecule has 0 amide bonds. The normalized spacial score (nSPS) is 21.1. The minimum Gasteiger partial charge on any atom is -0.444 e. The molecule has 220 valence electrons. The van der Waals surface area contributed by atoms with Gasteiger partial charge in [-0.1, -0.05) is 23.7 Å². The van der Waals surface area contributed by atoms with Gasteiger partial charge in [-0.3, -0.25) is 15.0 Å². The maximum Gasteiger partial charge on any atom is 0.278 e. The number of fused-ring (bicyclic) bond motifs is 1. The van der Waals surface area contributed by atoms with E-state index in [1.54, 1.807) is 19.1 Å². The number of hydrogen-bond acceptors (Lipinski definition) is 7. The molecule has 2 aromatic carbocycles. The number of pyridine rings is 1. The molecule has 0 spiro atoms. The number of H-pyrrole nitrogens is 1. The Labute approximate surface area is 254 Å². The van der Waals surface area contributed by atoms with Crippen LogP contribution in [0.4, 0.5) is 4.39 Å². The molecule has 2 fully saturated rings. The summed E-state index contributed by atoms with van der Waals surface area (Å²) in [6.45, 7) is 6.12. The van der Waals surface area contributed by atoms with Crippen molar-refractivity contribution in [3.63, 3.8) is 0 Å². The highest BCUT2D eigenvalue weighted by Crippen LogP contribution is 2.50. The molecule has 1 atom stereocenters. The highest BCUT2D eigenvalue weighted by molar-refractivity contribution is 6.30. The standard InChI is InChI=1S/C33H32ClFN6O2/c1-20-38-31(40-39-20)23-14-22(16-33(19-36)10-11-33)28(37-17-23)18-41-12-8-21(9-13-41)25-4-3-5-29-30(25)43-32(2,42-29)26-7-6-24(34)15-27(26)35/h3-7,14-15,17,21H,8-13,16,18H2,1-2H3,(H,38,39,40)/t32-/m0/s1. The van der Waals surface area contributed by atoms with E-state index in [2.05, 4.69) is 38.3 Å². The number of halogens is 2. The smallest absolute Gasteiger partial charge is 0.278 e. The van der Waals surface area contributed by atoms with Gasteiger partial charge in [-0.25, -0.2) is 9.37 Å². The van der Waals surface area contributed by atoms with Crippen molar-refractivity contribution in [1.29, 1.82) is 5.26 Å². The number of aromatic nitrogens is 4. The first-order chi connectivity index (χ1) is 20.7. The lowest BCUT2D eigenvalue weighted by Gasteiger charge is -2.33. The van der Waals surface area contributed by atoms with Gasteiger partial charge in [0.1, 0.15) is 11.6 Å². The summed E-state index contributed by atoms with van der Waals surface area (Å²) in [7, 11) is 0. The van der Waals surface area contributed by atoms with Crippen LogP contribution in [-0.4, -0.2) is 38.2 Å². The number of nitrogens with zero attached hydrogens (tertiary/aromatic N) is 5. The topological polar surface area (TPSA) is 100.0 Å². The van der Waals surface area contributed by atoms with Gasteiger partial charge in [-0.05, 0) is 93.9 Å². The number of aryl methyl sites for hydroxylation is 1. The largest absolute Gasteiger partial charge is 0.444 e. The van der Waals surface area contributed by atoms with Gasteiger partial charge in [0.25, 0.3) is 5.79 Å². The Hall–Kier alpha value is -4.00. The van der Waals surface area contributed by atoms with Crippen molar-refractivity contribution in [1.82, 2.24) is 25.1 Å². The van der Waals surface area contributed by atoms with Crippen LogP contribution in [0.25, 0.3) is 11.4 Å². The summed E-state index contributed by atoms with van der Waals surface area (Å²) in [5.74, 6) is 1.23. The second-order valence-electron chi connectivity index (χ2n) is 12.1. The van der Waals surface area contributed by atoms with Gasteiger partial charge in [-0.15, -0.1) is 0 Å². The quantitative estimate of drug-likeness (QED) is 0.249. The molecule has 10 heteroatoms. The summed E-state index contributed by atoms with van der Waals surface area (Å²) in [4.78, 5) is 11.8. The van der Waals surface area contributed by atoms with Gasteiger partial charge in [0.05, 0.1) is 22.7 Å². The first kappa shape index (κ1) is 27.8. The second-order valence-corrected chi connectivity index (χ2v) is 12.6. The van der Waals surface area contributed by atoms with E-state index in [-0.39, 0.29) is 11.3 Å². The molecular weight excluding hydrogens is 567 g/mol. The number of para-hydroxylation sites is 1. The molecule has 7 rings (SSSR count). The van der Waals surface area contributed by atoms with Crippen LogP contribution in [0.2, 0.25) is 5.02 Å². The zero-order valence-corrected chi connectivity index (χ0v) is 24.9. The van der Waals surface area contributed by atoms with Crippen LogP contribution in [0.3, 0.4) is 0 Å². The molecule has 1 aliphatic carbocycles. The third-order valence-corrected chi connectivity index (χ3v) is 9.20. The molecule has 43 heavy (non-hydrogen) atoms. The number of hydrogen-bond donors (Lipinski definition) is 1. The van der Waals surface area contributed by atoms with Crippen molar-refractivity contribution < 1.29 is 13.9 Å². The molecular formula is C33H32ClFN6O2. The van der Waals surface area contributed by atoms with Gasteiger partial charge >= 0.3 is 0 Å². The van der Waals surface area contributed by atoms with Gasteiger partial charge in [-0.2, -0.15) is 10.4 Å². The fourth-order valence-electron chi connectivity index (χ4n) is 6.32. The third-order valence-electron chi connectivity index (χ3n) is 8.97. The van der Waals surface area contributed by atoms with Crippen molar-refractivity contribution in [2.75, 3.05) is 13.1 Å². The SMILES string of the molecule is Cc1nc(-c2cnc(CN3CCC(c4cccc5c4O[C@@](C)(c4ccc(Cl)cc4F)O5)CC3)c(CC3(C#N)CC3)c2)n[nH]1. The molecule has 8 nitrogen and oxygen atoms in total. The Kier molecular flexibility index (Phi) is 6.87. The molecule has 0 radical (unpaired) electrons. The van der Waals surface area contributed by atoms with Crippen molar-refractivity contribution >= 4 is 11.6 Å². The molecule has 1 saturated carbocycles. The van der Waals surface area contributed by atoms with E-state index in [1.165, 1.54) is 6.07 Å². The predicted octanol–water partition coefficient (Wildman–Crippen LogP) is 6.84. The van der Waals surface area contributed by atoms with Gasteiger partial charge in [0.15, 0.2) is 17.3 Å². The zero-order chi connectivity index (χ0) is 29.8. The summed E-state index contributed by atoms with van der Waals surface area (Å²) in [5, 5.41) is 17.3. The molecule has 1 N–H and O–H groups in total. The molecule has 1 saturated heterocycles. The van der Waals surface area contributed by atoms with Crippen molar-refractivity contribution in [2.24, 2.45) is 5.41 Å². The number of aromatic amines is 1. The van der Waals surface area contributed by atoms with E-state index in [9.17, 15) is 9.65 Å². The van der Waals surface area contributed by atoms with Crippen LogP contribution in [0.5, 0.6) is 11.5 Å². The first-order valence-electron chi connectivity index (χ1n) is 14.7. The Morgan fingerprint density at radius 3 is 2.67 bits per heavy atom. The second kappa shape index (κ2) is 10.6.